The molecule has 2 aromatic rings. The van der Waals surface area contributed by atoms with E-state index in [1.165, 1.54) is 13.4 Å². The van der Waals surface area contributed by atoms with Crippen molar-refractivity contribution in [1.82, 2.24) is 14.5 Å². The molecule has 4 atom stereocenters. The lowest BCUT2D eigenvalue weighted by Crippen LogP contribution is -2.46. The van der Waals surface area contributed by atoms with Gasteiger partial charge in [0.1, 0.15) is 29.8 Å². The van der Waals surface area contributed by atoms with E-state index in [1.807, 2.05) is 5.48 Å². The molecule has 0 aliphatic carbocycles. The molecule has 1 aliphatic heterocycles. The van der Waals surface area contributed by atoms with Crippen LogP contribution in [0.1, 0.15) is 18.7 Å². The number of nitrogens with one attached hydrogen (secondary N) is 1. The number of fused-ring (bicyclic) bond motifs is 1. The van der Waals surface area contributed by atoms with E-state index in [4.69, 9.17) is 9.47 Å². The molecule has 0 bridgehead atoms. The summed E-state index contributed by atoms with van der Waals surface area (Å²) >= 11 is 0. The van der Waals surface area contributed by atoms with Crippen LogP contribution in [0, 0.1) is 0 Å². The van der Waals surface area contributed by atoms with E-state index in [2.05, 4.69) is 16.5 Å². The molecule has 9 heteroatoms. The standard InChI is InChI=1S/C15H20N4O5/c1-4-8-5-19(13-10(8)12(18-22)16-7-17-13)14-15(2,23-3)11(21)9(6-20)24-14/h4-5,7,9,11,14,20-22H,1,6H2,2-3H3,(H,16,17,18)/t9?,11?,14-,15?/m1/s1. The van der Waals surface area contributed by atoms with Crippen molar-refractivity contribution in [2.45, 2.75) is 31.0 Å². The lowest BCUT2D eigenvalue weighted by atomic mass is 9.96. The number of methoxy groups -OCH3 is 1. The van der Waals surface area contributed by atoms with E-state index in [0.717, 1.165) is 0 Å². The molecule has 0 saturated carbocycles. The molecule has 0 amide bonds. The van der Waals surface area contributed by atoms with Crippen LogP contribution < -0.4 is 5.48 Å². The predicted octanol–water partition coefficient (Wildman–Crippen LogP) is 0.531. The molecule has 2 aromatic heterocycles. The molecule has 0 aromatic carbocycles. The van der Waals surface area contributed by atoms with E-state index >= 15 is 0 Å². The number of ether oxygens (including phenoxy) is 2. The number of aromatic nitrogens is 3. The van der Waals surface area contributed by atoms with Gasteiger partial charge < -0.3 is 24.3 Å². The largest absolute Gasteiger partial charge is 0.394 e. The lowest BCUT2D eigenvalue weighted by Gasteiger charge is -2.31. The van der Waals surface area contributed by atoms with Crippen molar-refractivity contribution in [1.29, 1.82) is 0 Å². The normalized spacial score (nSPS) is 30.0. The zero-order chi connectivity index (χ0) is 17.5. The summed E-state index contributed by atoms with van der Waals surface area (Å²) in [6.07, 6.45) is 2.06. The van der Waals surface area contributed by atoms with Gasteiger partial charge in [-0.2, -0.15) is 0 Å². The second-order valence-electron chi connectivity index (χ2n) is 5.77. The van der Waals surface area contributed by atoms with Gasteiger partial charge in [0, 0.05) is 18.9 Å². The van der Waals surface area contributed by atoms with E-state index in [1.54, 1.807) is 23.8 Å². The molecular formula is C15H20N4O5. The fourth-order valence-corrected chi connectivity index (χ4v) is 3.13. The Bertz CT molecular complexity index is 764. The first kappa shape index (κ1) is 16.8. The van der Waals surface area contributed by atoms with Crippen molar-refractivity contribution in [3.63, 3.8) is 0 Å². The van der Waals surface area contributed by atoms with Crippen molar-refractivity contribution in [2.75, 3.05) is 19.2 Å². The third kappa shape index (κ3) is 2.21. The van der Waals surface area contributed by atoms with E-state index in [9.17, 15) is 15.4 Å². The predicted molar refractivity (Wildman–Crippen MR) is 85.4 cm³/mol. The van der Waals surface area contributed by atoms with Crippen LogP contribution in [-0.4, -0.2) is 61.5 Å². The Kier molecular flexibility index (Phi) is 4.28. The minimum atomic E-state index is -1.10. The first-order valence-electron chi connectivity index (χ1n) is 7.39. The van der Waals surface area contributed by atoms with Crippen LogP contribution in [0.15, 0.2) is 19.1 Å². The number of anilines is 1. The lowest BCUT2D eigenvalue weighted by molar-refractivity contribution is -0.118. The van der Waals surface area contributed by atoms with Crippen molar-refractivity contribution in [3.8, 4) is 0 Å². The summed E-state index contributed by atoms with van der Waals surface area (Å²) in [4.78, 5) is 8.23. The summed E-state index contributed by atoms with van der Waals surface area (Å²) in [5, 5.41) is 29.7. The number of hydrogen-bond donors (Lipinski definition) is 4. The van der Waals surface area contributed by atoms with Crippen molar-refractivity contribution in [3.05, 3.63) is 24.7 Å². The maximum Gasteiger partial charge on any atom is 0.167 e. The molecule has 3 rings (SSSR count). The molecular weight excluding hydrogens is 316 g/mol. The average Bonchev–Trinajstić information content (AvgIpc) is 3.11. The van der Waals surface area contributed by atoms with Crippen LogP contribution in [0.4, 0.5) is 5.82 Å². The van der Waals surface area contributed by atoms with E-state index in [0.29, 0.717) is 16.6 Å². The Hall–Kier alpha value is -2.04. The average molecular weight is 336 g/mol. The van der Waals surface area contributed by atoms with Crippen LogP contribution in [0.25, 0.3) is 17.1 Å². The fraction of sp³-hybridized carbons (Fsp3) is 0.467. The van der Waals surface area contributed by atoms with Gasteiger partial charge in [-0.15, -0.1) is 0 Å². The number of nitrogens with zero attached hydrogens (tertiary/aromatic N) is 3. The minimum absolute atomic E-state index is 0.227. The van der Waals surface area contributed by atoms with Crippen LogP contribution in [0.5, 0.6) is 0 Å². The van der Waals surface area contributed by atoms with Crippen molar-refractivity contribution >= 4 is 22.9 Å². The third-order valence-corrected chi connectivity index (χ3v) is 4.57. The van der Waals surface area contributed by atoms with Gasteiger partial charge in [0.05, 0.1) is 12.0 Å². The Labute approximate surface area is 138 Å². The van der Waals surface area contributed by atoms with Gasteiger partial charge in [0.2, 0.25) is 0 Å². The molecule has 1 fully saturated rings. The van der Waals surface area contributed by atoms with Gasteiger partial charge >= 0.3 is 0 Å². The van der Waals surface area contributed by atoms with Gasteiger partial charge in [-0.25, -0.2) is 9.97 Å². The maximum absolute atomic E-state index is 10.4. The summed E-state index contributed by atoms with van der Waals surface area (Å²) in [6.45, 7) is 5.11. The van der Waals surface area contributed by atoms with Crippen molar-refractivity contribution in [2.24, 2.45) is 0 Å². The highest BCUT2D eigenvalue weighted by Gasteiger charge is 2.54. The third-order valence-electron chi connectivity index (χ3n) is 4.57. The summed E-state index contributed by atoms with van der Waals surface area (Å²) in [6, 6.07) is 0. The second kappa shape index (κ2) is 6.11. The maximum atomic E-state index is 10.4. The minimum Gasteiger partial charge on any atom is -0.394 e. The highest BCUT2D eigenvalue weighted by molar-refractivity contribution is 5.95. The van der Waals surface area contributed by atoms with Crippen LogP contribution in [-0.2, 0) is 9.47 Å². The molecule has 9 nitrogen and oxygen atoms in total. The van der Waals surface area contributed by atoms with Crippen molar-refractivity contribution < 1.29 is 24.9 Å². The molecule has 1 aliphatic rings. The number of rotatable bonds is 5. The van der Waals surface area contributed by atoms with Gasteiger partial charge in [-0.05, 0) is 6.92 Å². The first-order chi connectivity index (χ1) is 11.5. The molecule has 3 unspecified atom stereocenters. The van der Waals surface area contributed by atoms with Crippen LogP contribution >= 0.6 is 0 Å². The van der Waals surface area contributed by atoms with E-state index < -0.39 is 24.0 Å². The highest BCUT2D eigenvalue weighted by Crippen LogP contribution is 2.43. The van der Waals surface area contributed by atoms with Crippen LogP contribution in [0.2, 0.25) is 0 Å². The molecule has 1 saturated heterocycles. The zero-order valence-corrected chi connectivity index (χ0v) is 13.4. The number of aliphatic hydroxyl groups excluding tert-OH is 2. The number of hydrogen-bond acceptors (Lipinski definition) is 8. The summed E-state index contributed by atoms with van der Waals surface area (Å²) in [5.41, 5.74) is 2.08. The monoisotopic (exact) mass is 336 g/mol. The quantitative estimate of drug-likeness (QED) is 0.583. The highest BCUT2D eigenvalue weighted by atomic mass is 16.6. The Morgan fingerprint density at radius 2 is 2.29 bits per heavy atom. The number of aliphatic hydroxyl groups is 2. The Morgan fingerprint density at radius 1 is 1.54 bits per heavy atom. The van der Waals surface area contributed by atoms with Crippen LogP contribution in [0.3, 0.4) is 0 Å². The Balaban J connectivity index is 2.21. The van der Waals surface area contributed by atoms with E-state index in [-0.39, 0.29) is 12.4 Å². The summed E-state index contributed by atoms with van der Waals surface area (Å²) < 4.78 is 13.0. The van der Waals surface area contributed by atoms with Gasteiger partial charge in [0.15, 0.2) is 12.0 Å². The fourth-order valence-electron chi connectivity index (χ4n) is 3.13. The molecule has 130 valence electrons. The van der Waals surface area contributed by atoms with Gasteiger partial charge in [0.25, 0.3) is 0 Å². The van der Waals surface area contributed by atoms with Gasteiger partial charge in [-0.1, -0.05) is 12.7 Å². The topological polar surface area (TPSA) is 122 Å². The van der Waals surface area contributed by atoms with Gasteiger partial charge in [-0.3, -0.25) is 10.7 Å². The SMILES string of the molecule is C=Cc1cn([C@@H]2OC(CO)C(O)C2(C)OC)c2ncnc(NO)c12. The molecule has 0 spiro atoms. The zero-order valence-electron chi connectivity index (χ0n) is 13.4. The molecule has 3 heterocycles. The first-order valence-corrected chi connectivity index (χ1v) is 7.39. The summed E-state index contributed by atoms with van der Waals surface area (Å²) in [7, 11) is 1.47. The Morgan fingerprint density at radius 3 is 2.88 bits per heavy atom. The molecule has 4 N–H and O–H groups in total. The second-order valence-corrected chi connectivity index (χ2v) is 5.77. The summed E-state index contributed by atoms with van der Waals surface area (Å²) in [5.74, 6) is 0.227. The molecule has 0 radical (unpaired) electrons. The smallest absolute Gasteiger partial charge is 0.167 e. The molecule has 24 heavy (non-hydrogen) atoms.